The van der Waals surface area contributed by atoms with Crippen molar-refractivity contribution < 1.29 is 14.7 Å². The van der Waals surface area contributed by atoms with Gasteiger partial charge in [-0.3, -0.25) is 14.4 Å². The lowest BCUT2D eigenvalue weighted by atomic mass is 10.0. The fourth-order valence-electron chi connectivity index (χ4n) is 4.76. The molecule has 1 atom stereocenters. The number of amides is 2. The number of fused-ring (bicyclic) bond motifs is 1. The minimum Gasteiger partial charge on any atom is -0.465 e. The van der Waals surface area contributed by atoms with Crippen LogP contribution in [0, 0.1) is 0 Å². The van der Waals surface area contributed by atoms with Crippen molar-refractivity contribution in [1.29, 1.82) is 0 Å². The summed E-state index contributed by atoms with van der Waals surface area (Å²) < 4.78 is 3.62. The summed E-state index contributed by atoms with van der Waals surface area (Å²) in [7, 11) is 0. The molecule has 36 heavy (non-hydrogen) atoms. The first kappa shape index (κ1) is 22.0. The summed E-state index contributed by atoms with van der Waals surface area (Å²) in [6.07, 6.45) is 8.33. The van der Waals surface area contributed by atoms with Gasteiger partial charge in [-0.25, -0.2) is 14.5 Å². The number of carbonyl (C=O) groups excluding carboxylic acids is 1. The van der Waals surface area contributed by atoms with Crippen molar-refractivity contribution in [2.75, 3.05) is 16.3 Å². The Morgan fingerprint density at radius 1 is 1.03 bits per heavy atom. The molecule has 0 bridgehead atoms. The second-order valence-electron chi connectivity index (χ2n) is 9.33. The van der Waals surface area contributed by atoms with Crippen molar-refractivity contribution >= 4 is 23.4 Å². The monoisotopic (exact) mass is 483 g/mol. The maximum Gasteiger partial charge on any atom is 0.411 e. The lowest BCUT2D eigenvalue weighted by molar-refractivity contribution is -0.118. The summed E-state index contributed by atoms with van der Waals surface area (Å²) in [5.41, 5.74) is 4.62. The predicted octanol–water partition coefficient (Wildman–Crippen LogP) is 3.93. The zero-order chi connectivity index (χ0) is 24.8. The predicted molar refractivity (Wildman–Crippen MR) is 133 cm³/mol. The van der Waals surface area contributed by atoms with Crippen LogP contribution in [-0.2, 0) is 11.2 Å². The van der Waals surface area contributed by atoms with Gasteiger partial charge in [0.05, 0.1) is 41.8 Å². The van der Waals surface area contributed by atoms with Crippen LogP contribution in [0.15, 0.2) is 67.5 Å². The zero-order valence-corrected chi connectivity index (χ0v) is 19.7. The maximum atomic E-state index is 13.5. The Bertz CT molecular complexity index is 1420. The Labute approximate surface area is 207 Å². The minimum absolute atomic E-state index is 0.0865. The first-order chi connectivity index (χ1) is 17.5. The van der Waals surface area contributed by atoms with Gasteiger partial charge in [-0.05, 0) is 55.2 Å². The van der Waals surface area contributed by atoms with Crippen LogP contribution in [0.25, 0.3) is 16.8 Å². The van der Waals surface area contributed by atoms with E-state index in [2.05, 4.69) is 15.2 Å². The lowest BCUT2D eigenvalue weighted by Gasteiger charge is -2.40. The number of carbonyl (C=O) groups is 2. The van der Waals surface area contributed by atoms with Crippen LogP contribution in [0.3, 0.4) is 0 Å². The van der Waals surface area contributed by atoms with E-state index in [4.69, 9.17) is 0 Å². The van der Waals surface area contributed by atoms with Gasteiger partial charge < -0.3 is 10.0 Å². The summed E-state index contributed by atoms with van der Waals surface area (Å²) in [6.45, 7) is 2.07. The van der Waals surface area contributed by atoms with Crippen LogP contribution in [0.4, 0.5) is 16.2 Å². The highest BCUT2D eigenvalue weighted by Gasteiger charge is 2.35. The first-order valence-corrected chi connectivity index (χ1v) is 11.9. The number of benzene rings is 2. The molecule has 2 aromatic heterocycles. The van der Waals surface area contributed by atoms with Gasteiger partial charge in [0.2, 0.25) is 5.91 Å². The SMILES string of the molecule is C[C@H]1CN(C(=O)O)c2cc(-c3cnn(C4CC4)c3)ccc2N1C(=O)Cc1ccc(-n2cncn2)cc1. The van der Waals surface area contributed by atoms with Gasteiger partial charge in [0.1, 0.15) is 12.7 Å². The summed E-state index contributed by atoms with van der Waals surface area (Å²) in [4.78, 5) is 32.6. The molecule has 182 valence electrons. The smallest absolute Gasteiger partial charge is 0.411 e. The minimum atomic E-state index is -1.04. The van der Waals surface area contributed by atoms with E-state index in [0.29, 0.717) is 17.4 Å². The van der Waals surface area contributed by atoms with E-state index >= 15 is 0 Å². The molecule has 1 N–H and O–H groups in total. The number of carboxylic acid groups (broad SMARTS) is 1. The quantitative estimate of drug-likeness (QED) is 0.461. The lowest BCUT2D eigenvalue weighted by Crippen LogP contribution is -2.52. The van der Waals surface area contributed by atoms with Gasteiger partial charge in [0.25, 0.3) is 0 Å². The summed E-state index contributed by atoms with van der Waals surface area (Å²) in [6, 6.07) is 13.4. The molecule has 6 rings (SSSR count). The number of aromatic nitrogens is 5. The molecule has 1 aliphatic heterocycles. The molecule has 1 fully saturated rings. The van der Waals surface area contributed by atoms with E-state index in [1.165, 1.54) is 11.2 Å². The topological polar surface area (TPSA) is 109 Å². The molecule has 0 spiro atoms. The van der Waals surface area contributed by atoms with Gasteiger partial charge in [0, 0.05) is 18.3 Å². The van der Waals surface area contributed by atoms with Crippen molar-refractivity contribution in [3.63, 3.8) is 0 Å². The molecule has 4 aromatic rings. The molecular weight excluding hydrogens is 458 g/mol. The second kappa shape index (κ2) is 8.63. The van der Waals surface area contributed by atoms with Gasteiger partial charge in [-0.2, -0.15) is 10.2 Å². The van der Waals surface area contributed by atoms with Crippen LogP contribution in [-0.4, -0.2) is 54.2 Å². The van der Waals surface area contributed by atoms with Gasteiger partial charge >= 0.3 is 6.09 Å². The van der Waals surface area contributed by atoms with Gasteiger partial charge in [0.15, 0.2) is 0 Å². The molecule has 1 aliphatic carbocycles. The van der Waals surface area contributed by atoms with E-state index in [1.54, 1.807) is 15.9 Å². The van der Waals surface area contributed by atoms with Crippen LogP contribution in [0.5, 0.6) is 0 Å². The molecule has 10 heteroatoms. The van der Waals surface area contributed by atoms with Crippen LogP contribution >= 0.6 is 0 Å². The van der Waals surface area contributed by atoms with Crippen LogP contribution < -0.4 is 9.80 Å². The fourth-order valence-corrected chi connectivity index (χ4v) is 4.76. The molecule has 0 unspecified atom stereocenters. The Hall–Kier alpha value is -4.47. The Kier molecular flexibility index (Phi) is 5.28. The number of hydrogen-bond acceptors (Lipinski definition) is 5. The van der Waals surface area contributed by atoms with Crippen molar-refractivity contribution in [2.24, 2.45) is 0 Å². The Morgan fingerprint density at radius 2 is 1.83 bits per heavy atom. The molecule has 0 radical (unpaired) electrons. The summed E-state index contributed by atoms with van der Waals surface area (Å²) in [5, 5.41) is 18.5. The molecule has 2 aromatic carbocycles. The average molecular weight is 484 g/mol. The van der Waals surface area contributed by atoms with Crippen molar-refractivity contribution in [3.8, 4) is 16.8 Å². The highest BCUT2D eigenvalue weighted by Crippen LogP contribution is 2.40. The maximum absolute atomic E-state index is 13.5. The highest BCUT2D eigenvalue weighted by atomic mass is 16.4. The zero-order valence-electron chi connectivity index (χ0n) is 19.7. The van der Waals surface area contributed by atoms with Crippen molar-refractivity contribution in [3.05, 3.63) is 73.1 Å². The molecule has 0 saturated heterocycles. The van der Waals surface area contributed by atoms with E-state index in [1.807, 2.05) is 66.5 Å². The third-order valence-corrected chi connectivity index (χ3v) is 6.74. The van der Waals surface area contributed by atoms with Crippen molar-refractivity contribution in [2.45, 2.75) is 38.3 Å². The summed E-state index contributed by atoms with van der Waals surface area (Å²) >= 11 is 0. The second-order valence-corrected chi connectivity index (χ2v) is 9.33. The van der Waals surface area contributed by atoms with E-state index in [-0.39, 0.29) is 24.9 Å². The van der Waals surface area contributed by atoms with Crippen molar-refractivity contribution in [1.82, 2.24) is 24.5 Å². The molecule has 1 saturated carbocycles. The highest BCUT2D eigenvalue weighted by molar-refractivity contribution is 6.04. The number of nitrogens with zero attached hydrogens (tertiary/aromatic N) is 7. The number of rotatable bonds is 5. The largest absolute Gasteiger partial charge is 0.465 e. The molecule has 10 nitrogen and oxygen atoms in total. The third kappa shape index (κ3) is 4.00. The van der Waals surface area contributed by atoms with Crippen LogP contribution in [0.2, 0.25) is 0 Å². The normalized spacial score (nSPS) is 17.2. The van der Waals surface area contributed by atoms with Gasteiger partial charge in [-0.1, -0.05) is 18.2 Å². The molecule has 2 amide bonds. The molecular formula is C26H25N7O3. The Balaban J connectivity index is 1.29. The van der Waals surface area contributed by atoms with E-state index in [0.717, 1.165) is 35.2 Å². The Morgan fingerprint density at radius 3 is 2.53 bits per heavy atom. The molecule has 2 aliphatic rings. The molecule has 3 heterocycles. The number of hydrogen-bond donors (Lipinski definition) is 1. The fraction of sp³-hybridized carbons (Fsp3) is 0.269. The third-order valence-electron chi connectivity index (χ3n) is 6.74. The van der Waals surface area contributed by atoms with E-state index in [9.17, 15) is 14.7 Å². The van der Waals surface area contributed by atoms with Crippen LogP contribution in [0.1, 0.15) is 31.4 Å². The van der Waals surface area contributed by atoms with Gasteiger partial charge in [-0.15, -0.1) is 0 Å². The standard InChI is InChI=1S/C26H25N7O3/c1-17-13-30(26(35)36)24-11-19(20-12-28-31(14-20)21-7-8-21)4-9-23(24)33(17)25(34)10-18-2-5-22(6-3-18)32-16-27-15-29-32/h2-6,9,11-12,14-17,21H,7-8,10,13H2,1H3,(H,35,36)/t17-/m0/s1. The number of anilines is 2. The first-order valence-electron chi connectivity index (χ1n) is 11.9. The summed E-state index contributed by atoms with van der Waals surface area (Å²) in [5.74, 6) is -0.0865. The van der Waals surface area contributed by atoms with E-state index < -0.39 is 6.09 Å². The average Bonchev–Trinajstić information content (AvgIpc) is 3.36.